The summed E-state index contributed by atoms with van der Waals surface area (Å²) in [4.78, 5) is 0. The van der Waals surface area contributed by atoms with Gasteiger partial charge in [0.05, 0.1) is 0 Å². The van der Waals surface area contributed by atoms with Gasteiger partial charge < -0.3 is 5.32 Å². The van der Waals surface area contributed by atoms with Gasteiger partial charge in [0.2, 0.25) is 0 Å². The summed E-state index contributed by atoms with van der Waals surface area (Å²) in [6.07, 6.45) is 2.62. The third-order valence-electron chi connectivity index (χ3n) is 3.88. The van der Waals surface area contributed by atoms with Gasteiger partial charge >= 0.3 is 0 Å². The van der Waals surface area contributed by atoms with Gasteiger partial charge in [-0.1, -0.05) is 52.0 Å². The summed E-state index contributed by atoms with van der Waals surface area (Å²) in [6.45, 7) is 10.1. The van der Waals surface area contributed by atoms with Crippen molar-refractivity contribution >= 4 is 0 Å². The zero-order chi connectivity index (χ0) is 12.5. The first-order valence-electron chi connectivity index (χ1n) is 6.84. The van der Waals surface area contributed by atoms with Crippen LogP contribution in [0.15, 0.2) is 24.3 Å². The molecular formula is C16H25N. The molecule has 0 heterocycles. The van der Waals surface area contributed by atoms with Gasteiger partial charge in [-0.3, -0.25) is 0 Å². The average Bonchev–Trinajstić information content (AvgIpc) is 2.22. The molecule has 0 amide bonds. The van der Waals surface area contributed by atoms with E-state index in [1.54, 1.807) is 0 Å². The quantitative estimate of drug-likeness (QED) is 0.833. The van der Waals surface area contributed by atoms with Gasteiger partial charge in [-0.2, -0.15) is 0 Å². The van der Waals surface area contributed by atoms with Crippen LogP contribution in [-0.2, 0) is 5.41 Å². The van der Waals surface area contributed by atoms with E-state index >= 15 is 0 Å². The van der Waals surface area contributed by atoms with Gasteiger partial charge in [0, 0.05) is 6.04 Å². The van der Waals surface area contributed by atoms with Gasteiger partial charge in [0.25, 0.3) is 0 Å². The second-order valence-corrected chi connectivity index (χ2v) is 6.29. The van der Waals surface area contributed by atoms with Crippen LogP contribution in [0.3, 0.4) is 0 Å². The van der Waals surface area contributed by atoms with E-state index in [0.717, 1.165) is 18.5 Å². The van der Waals surface area contributed by atoms with Crippen LogP contribution in [0.1, 0.15) is 57.6 Å². The van der Waals surface area contributed by atoms with Crippen molar-refractivity contribution in [2.75, 3.05) is 6.54 Å². The highest BCUT2D eigenvalue weighted by molar-refractivity contribution is 5.30. The minimum atomic E-state index is 0.268. The summed E-state index contributed by atoms with van der Waals surface area (Å²) in [5.74, 6) is 0.785. The summed E-state index contributed by atoms with van der Waals surface area (Å²) in [6, 6.07) is 10.0. The van der Waals surface area contributed by atoms with E-state index in [0.29, 0.717) is 0 Å². The van der Waals surface area contributed by atoms with Crippen molar-refractivity contribution in [2.24, 2.45) is 0 Å². The van der Waals surface area contributed by atoms with Crippen LogP contribution in [0.4, 0.5) is 0 Å². The topological polar surface area (TPSA) is 12.0 Å². The van der Waals surface area contributed by atoms with E-state index in [1.807, 2.05) is 0 Å². The zero-order valence-corrected chi connectivity index (χ0v) is 11.6. The lowest BCUT2D eigenvalue weighted by atomic mass is 9.75. The lowest BCUT2D eigenvalue weighted by molar-refractivity contribution is 0.296. The van der Waals surface area contributed by atoms with Crippen LogP contribution in [0, 0.1) is 0 Å². The molecule has 1 aromatic carbocycles. The Hall–Kier alpha value is -0.820. The molecule has 1 fully saturated rings. The van der Waals surface area contributed by atoms with Crippen LogP contribution in [0.2, 0.25) is 0 Å². The summed E-state index contributed by atoms with van der Waals surface area (Å²) in [5.41, 5.74) is 3.22. The largest absolute Gasteiger partial charge is 0.314 e. The molecule has 0 atom stereocenters. The zero-order valence-electron chi connectivity index (χ0n) is 11.6. The van der Waals surface area contributed by atoms with E-state index in [4.69, 9.17) is 0 Å². The third kappa shape index (κ3) is 2.90. The molecule has 0 aliphatic heterocycles. The fourth-order valence-electron chi connectivity index (χ4n) is 2.60. The molecule has 17 heavy (non-hydrogen) atoms. The van der Waals surface area contributed by atoms with Crippen molar-refractivity contribution in [3.05, 3.63) is 35.4 Å². The number of hydrogen-bond acceptors (Lipinski definition) is 1. The Kier molecular flexibility index (Phi) is 3.58. The third-order valence-corrected chi connectivity index (χ3v) is 3.88. The highest BCUT2D eigenvalue weighted by Crippen LogP contribution is 2.37. The molecule has 1 N–H and O–H groups in total. The summed E-state index contributed by atoms with van der Waals surface area (Å²) in [5, 5.41) is 3.52. The molecule has 2 rings (SSSR count). The van der Waals surface area contributed by atoms with E-state index in [-0.39, 0.29) is 5.41 Å². The molecular weight excluding hydrogens is 206 g/mol. The standard InChI is InChI=1S/C16H25N/c1-5-17-15-10-13(11-15)12-6-8-14(9-7-12)16(2,3)4/h6-9,13,15,17H,5,10-11H2,1-4H3. The molecule has 1 nitrogen and oxygen atoms in total. The van der Waals surface area contributed by atoms with Crippen molar-refractivity contribution < 1.29 is 0 Å². The molecule has 1 aliphatic rings. The van der Waals surface area contributed by atoms with Crippen molar-refractivity contribution in [1.82, 2.24) is 5.32 Å². The summed E-state index contributed by atoms with van der Waals surface area (Å²) < 4.78 is 0. The number of nitrogens with one attached hydrogen (secondary N) is 1. The van der Waals surface area contributed by atoms with Crippen LogP contribution in [0.25, 0.3) is 0 Å². The average molecular weight is 231 g/mol. The van der Waals surface area contributed by atoms with Crippen molar-refractivity contribution in [3.8, 4) is 0 Å². The Balaban J connectivity index is 1.96. The predicted octanol–water partition coefficient (Wildman–Crippen LogP) is 3.84. The minimum Gasteiger partial charge on any atom is -0.314 e. The first-order chi connectivity index (χ1) is 8.00. The second kappa shape index (κ2) is 4.81. The van der Waals surface area contributed by atoms with Gasteiger partial charge in [-0.25, -0.2) is 0 Å². The molecule has 0 bridgehead atoms. The molecule has 1 saturated carbocycles. The van der Waals surface area contributed by atoms with Crippen LogP contribution in [-0.4, -0.2) is 12.6 Å². The van der Waals surface area contributed by atoms with Crippen molar-refractivity contribution in [1.29, 1.82) is 0 Å². The number of hydrogen-bond donors (Lipinski definition) is 1. The van der Waals surface area contributed by atoms with E-state index < -0.39 is 0 Å². The molecule has 1 aliphatic carbocycles. The molecule has 1 aromatic rings. The molecule has 0 radical (unpaired) electrons. The highest BCUT2D eigenvalue weighted by atomic mass is 14.9. The Morgan fingerprint density at radius 3 is 2.18 bits per heavy atom. The van der Waals surface area contributed by atoms with Gasteiger partial charge in [-0.05, 0) is 41.8 Å². The second-order valence-electron chi connectivity index (χ2n) is 6.29. The number of benzene rings is 1. The molecule has 1 heteroatoms. The molecule has 0 spiro atoms. The van der Waals surface area contributed by atoms with E-state index in [9.17, 15) is 0 Å². The van der Waals surface area contributed by atoms with Crippen LogP contribution < -0.4 is 5.32 Å². The van der Waals surface area contributed by atoms with Crippen LogP contribution in [0.5, 0.6) is 0 Å². The normalized spacial score (nSPS) is 24.5. The Morgan fingerprint density at radius 1 is 1.12 bits per heavy atom. The summed E-state index contributed by atoms with van der Waals surface area (Å²) >= 11 is 0. The molecule has 0 aromatic heterocycles. The maximum Gasteiger partial charge on any atom is 0.00786 e. The molecule has 0 saturated heterocycles. The number of rotatable bonds is 3. The monoisotopic (exact) mass is 231 g/mol. The van der Waals surface area contributed by atoms with Crippen molar-refractivity contribution in [3.63, 3.8) is 0 Å². The Labute approximate surface area is 106 Å². The maximum atomic E-state index is 3.52. The first kappa shape index (κ1) is 12.6. The Bertz CT molecular complexity index is 352. The first-order valence-corrected chi connectivity index (χ1v) is 6.84. The Morgan fingerprint density at radius 2 is 1.71 bits per heavy atom. The van der Waals surface area contributed by atoms with E-state index in [2.05, 4.69) is 57.3 Å². The maximum absolute atomic E-state index is 3.52. The van der Waals surface area contributed by atoms with Gasteiger partial charge in [0.1, 0.15) is 0 Å². The van der Waals surface area contributed by atoms with E-state index in [1.165, 1.54) is 24.0 Å². The highest BCUT2D eigenvalue weighted by Gasteiger charge is 2.29. The summed E-state index contributed by atoms with van der Waals surface area (Å²) in [7, 11) is 0. The predicted molar refractivity (Wildman–Crippen MR) is 74.6 cm³/mol. The van der Waals surface area contributed by atoms with Crippen LogP contribution >= 0.6 is 0 Å². The smallest absolute Gasteiger partial charge is 0.00786 e. The fourth-order valence-corrected chi connectivity index (χ4v) is 2.60. The van der Waals surface area contributed by atoms with Gasteiger partial charge in [-0.15, -0.1) is 0 Å². The van der Waals surface area contributed by atoms with Crippen molar-refractivity contribution in [2.45, 2.75) is 57.9 Å². The van der Waals surface area contributed by atoms with Gasteiger partial charge in [0.15, 0.2) is 0 Å². The lowest BCUT2D eigenvalue weighted by Crippen LogP contribution is -2.39. The fraction of sp³-hybridized carbons (Fsp3) is 0.625. The molecule has 0 unspecified atom stereocenters. The SMILES string of the molecule is CCNC1CC(c2ccc(C(C)(C)C)cc2)C1. The lowest BCUT2D eigenvalue weighted by Gasteiger charge is -2.36. The molecule has 94 valence electrons. The minimum absolute atomic E-state index is 0.268.